The van der Waals surface area contributed by atoms with Crippen molar-refractivity contribution in [2.24, 2.45) is 16.8 Å². The van der Waals surface area contributed by atoms with Crippen LogP contribution >= 0.6 is 0 Å². The number of aryl methyl sites for hydroxylation is 2. The third-order valence-electron chi connectivity index (χ3n) is 6.67. The number of rotatable bonds is 10. The summed E-state index contributed by atoms with van der Waals surface area (Å²) in [5, 5.41) is 8.96. The Morgan fingerprint density at radius 2 is 1.89 bits per heavy atom. The van der Waals surface area contributed by atoms with Gasteiger partial charge >= 0.3 is 10.2 Å². The van der Waals surface area contributed by atoms with Crippen LogP contribution in [0.15, 0.2) is 30.6 Å². The molecule has 1 aliphatic carbocycles. The van der Waals surface area contributed by atoms with Crippen LogP contribution in [0.3, 0.4) is 0 Å². The zero-order valence-corrected chi connectivity index (χ0v) is 21.5. The number of hydrogen-bond donors (Lipinski definition) is 3. The van der Waals surface area contributed by atoms with Crippen molar-refractivity contribution < 1.29 is 13.2 Å². The lowest BCUT2D eigenvalue weighted by atomic mass is 9.84. The maximum atomic E-state index is 12.9. The van der Waals surface area contributed by atoms with E-state index in [1.807, 2.05) is 19.1 Å². The summed E-state index contributed by atoms with van der Waals surface area (Å²) in [6, 6.07) is 6.98. The summed E-state index contributed by atoms with van der Waals surface area (Å²) in [6.07, 6.45) is 7.89. The van der Waals surface area contributed by atoms with Crippen molar-refractivity contribution in [1.29, 1.82) is 0 Å². The van der Waals surface area contributed by atoms with Crippen LogP contribution in [0, 0.1) is 5.92 Å². The van der Waals surface area contributed by atoms with E-state index in [0.29, 0.717) is 29.8 Å². The minimum Gasteiger partial charge on any atom is -0.369 e. The van der Waals surface area contributed by atoms with Crippen LogP contribution in [0.4, 0.5) is 17.5 Å². The van der Waals surface area contributed by atoms with Gasteiger partial charge in [-0.2, -0.15) is 18.4 Å². The molecule has 194 valence electrons. The fraction of sp³-hybridized carbons (Fsp3) is 0.500. The zero-order valence-electron chi connectivity index (χ0n) is 20.7. The molecule has 1 amide bonds. The van der Waals surface area contributed by atoms with Gasteiger partial charge in [0.2, 0.25) is 11.9 Å². The molecule has 1 fully saturated rings. The number of benzene rings is 1. The average molecular weight is 515 g/mol. The first-order valence-electron chi connectivity index (χ1n) is 12.4. The molecular formula is C24H34N8O3S. The normalized spacial score (nSPS) is 18.3. The lowest BCUT2D eigenvalue weighted by molar-refractivity contribution is -0.122. The van der Waals surface area contributed by atoms with E-state index in [1.54, 1.807) is 23.0 Å². The molecule has 4 rings (SSSR count). The summed E-state index contributed by atoms with van der Waals surface area (Å²) < 4.78 is 28.5. The first-order valence-corrected chi connectivity index (χ1v) is 13.9. The third kappa shape index (κ3) is 5.44. The lowest BCUT2D eigenvalue weighted by Gasteiger charge is -2.30. The molecule has 3 aromatic rings. The number of aromatic nitrogens is 4. The van der Waals surface area contributed by atoms with Gasteiger partial charge in [-0.25, -0.2) is 14.4 Å². The Labute approximate surface area is 211 Å². The highest BCUT2D eigenvalue weighted by Gasteiger charge is 2.32. The van der Waals surface area contributed by atoms with Gasteiger partial charge in [0.15, 0.2) is 17.0 Å². The molecular weight excluding hydrogens is 480 g/mol. The lowest BCUT2D eigenvalue weighted by Crippen LogP contribution is -2.41. The minimum atomic E-state index is -4.27. The van der Waals surface area contributed by atoms with E-state index in [1.165, 1.54) is 0 Å². The molecule has 12 heteroatoms. The number of imidazole rings is 1. The van der Waals surface area contributed by atoms with E-state index in [4.69, 9.17) is 10.9 Å². The van der Waals surface area contributed by atoms with Gasteiger partial charge < -0.3 is 15.6 Å². The summed E-state index contributed by atoms with van der Waals surface area (Å²) in [4.78, 5) is 25.6. The monoisotopic (exact) mass is 514 g/mol. The fourth-order valence-electron chi connectivity index (χ4n) is 4.75. The number of anilines is 3. The van der Waals surface area contributed by atoms with E-state index < -0.39 is 10.2 Å². The van der Waals surface area contributed by atoms with Crippen molar-refractivity contribution in [3.8, 4) is 0 Å². The van der Waals surface area contributed by atoms with Crippen LogP contribution in [0.2, 0.25) is 0 Å². The Hall–Kier alpha value is -3.25. The zero-order chi connectivity index (χ0) is 25.9. The summed E-state index contributed by atoms with van der Waals surface area (Å²) in [7, 11) is -4.27. The number of fused-ring (bicyclic) bond motifs is 1. The van der Waals surface area contributed by atoms with Crippen LogP contribution in [-0.2, 0) is 28.0 Å². The predicted octanol–water partition coefficient (Wildman–Crippen LogP) is 2.99. The standard InChI is InChI=1S/C24H34N8O3S/c1-3-5-8-16-11-13-17(14-12-16)32(36(26,34)35)23-20-22(31(4-2)15-27-20)29-24(30-23)28-19-10-7-6-9-18(19)21(25)33/h11-15,18-19H,3-10H2,1-2H3,(H2,25,33)(H2,26,34,35)(H,28,29,30). The van der Waals surface area contributed by atoms with Gasteiger partial charge in [0.25, 0.3) is 0 Å². The highest BCUT2D eigenvalue weighted by molar-refractivity contribution is 7.90. The maximum Gasteiger partial charge on any atom is 0.304 e. The predicted molar refractivity (Wildman–Crippen MR) is 140 cm³/mol. The molecule has 2 atom stereocenters. The molecule has 1 aromatic carbocycles. The van der Waals surface area contributed by atoms with Crippen LogP contribution in [0.1, 0.15) is 57.9 Å². The summed E-state index contributed by atoms with van der Waals surface area (Å²) >= 11 is 0. The second-order valence-electron chi connectivity index (χ2n) is 9.20. The molecule has 2 heterocycles. The molecule has 2 unspecified atom stereocenters. The Kier molecular flexibility index (Phi) is 7.74. The van der Waals surface area contributed by atoms with E-state index in [0.717, 1.165) is 48.4 Å². The third-order valence-corrected chi connectivity index (χ3v) is 7.56. The van der Waals surface area contributed by atoms with Crippen molar-refractivity contribution in [2.75, 3.05) is 9.62 Å². The van der Waals surface area contributed by atoms with Crippen LogP contribution < -0.4 is 20.5 Å². The van der Waals surface area contributed by atoms with Gasteiger partial charge in [0, 0.05) is 12.6 Å². The number of primary amides is 1. The van der Waals surface area contributed by atoms with E-state index in [-0.39, 0.29) is 29.6 Å². The SMILES string of the molecule is CCCCc1ccc(N(c2nc(NC3CCCCC3C(N)=O)nc3c2ncn3CC)S(N)(=O)=O)cc1. The Morgan fingerprint density at radius 1 is 1.17 bits per heavy atom. The van der Waals surface area contributed by atoms with E-state index in [9.17, 15) is 13.2 Å². The van der Waals surface area contributed by atoms with Crippen molar-refractivity contribution >= 4 is 44.7 Å². The average Bonchev–Trinajstić information content (AvgIpc) is 3.26. The van der Waals surface area contributed by atoms with Gasteiger partial charge in [0.05, 0.1) is 17.9 Å². The van der Waals surface area contributed by atoms with Crippen molar-refractivity contribution in [3.63, 3.8) is 0 Å². The number of unbranched alkanes of at least 4 members (excludes halogenated alkanes) is 1. The maximum absolute atomic E-state index is 12.9. The highest BCUT2D eigenvalue weighted by Crippen LogP contribution is 2.33. The number of nitrogens with one attached hydrogen (secondary N) is 1. The van der Waals surface area contributed by atoms with Crippen molar-refractivity contribution in [3.05, 3.63) is 36.2 Å². The molecule has 0 aliphatic heterocycles. The van der Waals surface area contributed by atoms with Crippen LogP contribution in [0.5, 0.6) is 0 Å². The van der Waals surface area contributed by atoms with Crippen molar-refractivity contribution in [2.45, 2.75) is 71.4 Å². The summed E-state index contributed by atoms with van der Waals surface area (Å²) in [6.45, 7) is 4.63. The van der Waals surface area contributed by atoms with E-state index in [2.05, 4.69) is 27.2 Å². The van der Waals surface area contributed by atoms with Crippen LogP contribution in [0.25, 0.3) is 11.2 Å². The number of hydrogen-bond acceptors (Lipinski definition) is 7. The van der Waals surface area contributed by atoms with E-state index >= 15 is 0 Å². The Bertz CT molecular complexity index is 1320. The highest BCUT2D eigenvalue weighted by atomic mass is 32.2. The number of nitrogens with zero attached hydrogens (tertiary/aromatic N) is 5. The summed E-state index contributed by atoms with van der Waals surface area (Å²) in [5.41, 5.74) is 7.87. The van der Waals surface area contributed by atoms with Crippen LogP contribution in [-0.4, -0.2) is 39.9 Å². The number of nitrogens with two attached hydrogens (primary N) is 2. The molecule has 1 saturated carbocycles. The summed E-state index contributed by atoms with van der Waals surface area (Å²) in [5.74, 6) is -0.493. The topological polar surface area (TPSA) is 162 Å². The fourth-order valence-corrected chi connectivity index (χ4v) is 5.53. The second kappa shape index (κ2) is 10.8. The van der Waals surface area contributed by atoms with Gasteiger partial charge in [-0.15, -0.1) is 0 Å². The molecule has 36 heavy (non-hydrogen) atoms. The minimum absolute atomic E-state index is 0.0462. The van der Waals surface area contributed by atoms with Gasteiger partial charge in [-0.1, -0.05) is 38.3 Å². The molecule has 5 N–H and O–H groups in total. The number of carbonyl (C=O) groups is 1. The molecule has 11 nitrogen and oxygen atoms in total. The number of carbonyl (C=O) groups excluding carboxylic acids is 1. The Morgan fingerprint density at radius 3 is 2.53 bits per heavy atom. The second-order valence-corrected chi connectivity index (χ2v) is 10.6. The molecule has 0 saturated heterocycles. The quantitative estimate of drug-likeness (QED) is 0.374. The smallest absolute Gasteiger partial charge is 0.304 e. The molecule has 0 bridgehead atoms. The van der Waals surface area contributed by atoms with Gasteiger partial charge in [-0.3, -0.25) is 4.79 Å². The number of amides is 1. The molecule has 0 spiro atoms. The first kappa shape index (κ1) is 25.8. The largest absolute Gasteiger partial charge is 0.369 e. The molecule has 0 radical (unpaired) electrons. The molecule has 1 aliphatic rings. The van der Waals surface area contributed by atoms with Crippen molar-refractivity contribution in [1.82, 2.24) is 19.5 Å². The molecule has 2 aromatic heterocycles. The van der Waals surface area contributed by atoms with Gasteiger partial charge in [-0.05, 0) is 50.3 Å². The Balaban J connectivity index is 1.81. The van der Waals surface area contributed by atoms with Gasteiger partial charge in [0.1, 0.15) is 0 Å². The first-order chi connectivity index (χ1) is 17.2.